The van der Waals surface area contributed by atoms with Crippen LogP contribution in [0.25, 0.3) is 0 Å². The Balaban J connectivity index is 3.40. The topological polar surface area (TPSA) is 43.1 Å². The lowest BCUT2D eigenvalue weighted by molar-refractivity contribution is 0.0999. The maximum atomic E-state index is 12.9. The minimum absolute atomic E-state index is 0.0394. The van der Waals surface area contributed by atoms with Crippen LogP contribution in [0.2, 0.25) is 0 Å². The zero-order valence-corrected chi connectivity index (χ0v) is 6.17. The second kappa shape index (κ2) is 3.05. The van der Waals surface area contributed by atoms with Crippen LogP contribution in [-0.4, -0.2) is 5.91 Å². The van der Waals surface area contributed by atoms with E-state index in [-0.39, 0.29) is 11.1 Å². The van der Waals surface area contributed by atoms with E-state index in [1.807, 2.05) is 0 Å². The molecule has 12 heavy (non-hydrogen) atoms. The van der Waals surface area contributed by atoms with Crippen molar-refractivity contribution in [3.05, 3.63) is 35.1 Å². The molecule has 0 saturated carbocycles. The van der Waals surface area contributed by atoms with Crippen molar-refractivity contribution in [2.75, 3.05) is 0 Å². The van der Waals surface area contributed by atoms with E-state index in [2.05, 4.69) is 5.92 Å². The molecular formula is C9H6FNO. The molecule has 1 aromatic rings. The van der Waals surface area contributed by atoms with Crippen molar-refractivity contribution >= 4 is 5.91 Å². The average molecular weight is 163 g/mol. The number of hydrogen-bond acceptors (Lipinski definition) is 1. The van der Waals surface area contributed by atoms with Gasteiger partial charge in [0.2, 0.25) is 5.91 Å². The van der Waals surface area contributed by atoms with Gasteiger partial charge in [0.25, 0.3) is 0 Å². The van der Waals surface area contributed by atoms with Crippen molar-refractivity contribution in [1.82, 2.24) is 0 Å². The highest BCUT2D eigenvalue weighted by atomic mass is 19.1. The van der Waals surface area contributed by atoms with Crippen molar-refractivity contribution in [3.63, 3.8) is 0 Å². The van der Waals surface area contributed by atoms with E-state index < -0.39 is 11.7 Å². The molecule has 3 heteroatoms. The van der Waals surface area contributed by atoms with Crippen molar-refractivity contribution < 1.29 is 9.18 Å². The molecule has 60 valence electrons. The van der Waals surface area contributed by atoms with Gasteiger partial charge in [-0.05, 0) is 12.1 Å². The van der Waals surface area contributed by atoms with Gasteiger partial charge >= 0.3 is 0 Å². The average Bonchev–Trinajstić information content (AvgIpc) is 2.03. The van der Waals surface area contributed by atoms with Gasteiger partial charge < -0.3 is 5.73 Å². The molecule has 1 aromatic carbocycles. The van der Waals surface area contributed by atoms with E-state index in [0.29, 0.717) is 0 Å². The summed E-state index contributed by atoms with van der Waals surface area (Å²) in [6, 6.07) is 3.96. The Bertz CT molecular complexity index is 365. The minimum atomic E-state index is -0.720. The highest BCUT2D eigenvalue weighted by Gasteiger charge is 2.09. The van der Waals surface area contributed by atoms with Gasteiger partial charge in [-0.3, -0.25) is 4.79 Å². The van der Waals surface area contributed by atoms with Gasteiger partial charge in [-0.1, -0.05) is 12.0 Å². The van der Waals surface area contributed by atoms with Crippen LogP contribution in [0.3, 0.4) is 0 Å². The predicted octanol–water partition coefficient (Wildman–Crippen LogP) is 0.906. The van der Waals surface area contributed by atoms with Gasteiger partial charge in [0, 0.05) is 0 Å². The summed E-state index contributed by atoms with van der Waals surface area (Å²) in [4.78, 5) is 10.7. The van der Waals surface area contributed by atoms with Crippen LogP contribution in [0.1, 0.15) is 15.9 Å². The van der Waals surface area contributed by atoms with Gasteiger partial charge in [0.15, 0.2) is 0 Å². The number of amides is 1. The molecule has 0 heterocycles. The van der Waals surface area contributed by atoms with Crippen LogP contribution >= 0.6 is 0 Å². The zero-order valence-electron chi connectivity index (χ0n) is 6.17. The molecule has 1 amide bonds. The smallest absolute Gasteiger partial charge is 0.250 e. The quantitative estimate of drug-likeness (QED) is 0.614. The van der Waals surface area contributed by atoms with Gasteiger partial charge in [-0.15, -0.1) is 6.42 Å². The van der Waals surface area contributed by atoms with E-state index in [1.165, 1.54) is 18.2 Å². The Morgan fingerprint density at radius 2 is 2.25 bits per heavy atom. The summed E-state index contributed by atoms with van der Waals surface area (Å²) < 4.78 is 12.9. The molecule has 0 aromatic heterocycles. The first-order valence-electron chi connectivity index (χ1n) is 3.21. The normalized spacial score (nSPS) is 9.00. The lowest BCUT2D eigenvalue weighted by Gasteiger charge is -1.99. The Kier molecular flexibility index (Phi) is 2.11. The van der Waals surface area contributed by atoms with Crippen molar-refractivity contribution in [2.24, 2.45) is 5.73 Å². The van der Waals surface area contributed by atoms with Gasteiger partial charge in [-0.2, -0.15) is 0 Å². The number of carbonyl (C=O) groups is 1. The first-order chi connectivity index (χ1) is 5.66. The number of rotatable bonds is 1. The fraction of sp³-hybridized carbons (Fsp3) is 0. The predicted molar refractivity (Wildman–Crippen MR) is 42.9 cm³/mol. The van der Waals surface area contributed by atoms with E-state index in [4.69, 9.17) is 12.2 Å². The molecule has 0 aliphatic carbocycles. The summed E-state index contributed by atoms with van der Waals surface area (Å²) in [5, 5.41) is 0. The van der Waals surface area contributed by atoms with E-state index in [1.54, 1.807) is 0 Å². The van der Waals surface area contributed by atoms with Crippen molar-refractivity contribution in [3.8, 4) is 12.3 Å². The molecule has 0 atom stereocenters. The highest BCUT2D eigenvalue weighted by molar-refractivity contribution is 5.95. The van der Waals surface area contributed by atoms with E-state index >= 15 is 0 Å². The Labute approximate surface area is 69.2 Å². The largest absolute Gasteiger partial charge is 0.366 e. The monoisotopic (exact) mass is 163 g/mol. The molecule has 0 saturated heterocycles. The molecule has 0 spiro atoms. The molecule has 0 aliphatic rings. The molecule has 0 bridgehead atoms. The van der Waals surface area contributed by atoms with Gasteiger partial charge in [0.1, 0.15) is 5.82 Å². The number of primary amides is 1. The SMILES string of the molecule is C#Cc1c(F)cccc1C(N)=O. The first-order valence-corrected chi connectivity index (χ1v) is 3.21. The molecule has 0 radical (unpaired) electrons. The van der Waals surface area contributed by atoms with Crippen LogP contribution in [0.15, 0.2) is 18.2 Å². The zero-order chi connectivity index (χ0) is 9.14. The minimum Gasteiger partial charge on any atom is -0.366 e. The van der Waals surface area contributed by atoms with Crippen LogP contribution in [0, 0.1) is 18.2 Å². The molecule has 0 fully saturated rings. The first kappa shape index (κ1) is 8.28. The summed E-state index contributed by atoms with van der Waals surface area (Å²) in [5.41, 5.74) is 4.92. The fourth-order valence-electron chi connectivity index (χ4n) is 0.876. The lowest BCUT2D eigenvalue weighted by atomic mass is 10.1. The standard InChI is InChI=1S/C9H6FNO/c1-2-6-7(9(11)12)4-3-5-8(6)10/h1,3-5H,(H2,11,12). The van der Waals surface area contributed by atoms with Crippen molar-refractivity contribution in [1.29, 1.82) is 0 Å². The Hall–Kier alpha value is -1.82. The maximum absolute atomic E-state index is 12.9. The number of benzene rings is 1. The van der Waals surface area contributed by atoms with Crippen LogP contribution in [-0.2, 0) is 0 Å². The molecule has 2 nitrogen and oxygen atoms in total. The lowest BCUT2D eigenvalue weighted by Crippen LogP contribution is -2.13. The highest BCUT2D eigenvalue weighted by Crippen LogP contribution is 2.10. The second-order valence-electron chi connectivity index (χ2n) is 2.17. The third-order valence-corrected chi connectivity index (χ3v) is 1.42. The van der Waals surface area contributed by atoms with Crippen LogP contribution < -0.4 is 5.73 Å². The van der Waals surface area contributed by atoms with Crippen LogP contribution in [0.5, 0.6) is 0 Å². The summed E-state index contributed by atoms with van der Waals surface area (Å²) in [6.45, 7) is 0. The summed E-state index contributed by atoms with van der Waals surface area (Å²) in [6.07, 6.45) is 4.99. The number of hydrogen-bond donors (Lipinski definition) is 1. The number of nitrogens with two attached hydrogens (primary N) is 1. The molecule has 0 unspecified atom stereocenters. The third kappa shape index (κ3) is 1.28. The van der Waals surface area contributed by atoms with Gasteiger partial charge in [-0.25, -0.2) is 4.39 Å². The Morgan fingerprint density at radius 3 is 2.67 bits per heavy atom. The van der Waals surface area contributed by atoms with Crippen LogP contribution in [0.4, 0.5) is 4.39 Å². The number of carbonyl (C=O) groups excluding carboxylic acids is 1. The fourth-order valence-corrected chi connectivity index (χ4v) is 0.876. The molecular weight excluding hydrogens is 157 g/mol. The van der Waals surface area contributed by atoms with Crippen molar-refractivity contribution in [2.45, 2.75) is 0 Å². The maximum Gasteiger partial charge on any atom is 0.250 e. The summed E-state index contributed by atoms with van der Waals surface area (Å²) in [7, 11) is 0. The molecule has 0 aliphatic heterocycles. The molecule has 1 rings (SSSR count). The number of terminal acetylenes is 1. The van der Waals surface area contributed by atoms with E-state index in [9.17, 15) is 9.18 Å². The summed E-state index contributed by atoms with van der Waals surface area (Å²) >= 11 is 0. The van der Waals surface area contributed by atoms with E-state index in [0.717, 1.165) is 0 Å². The second-order valence-corrected chi connectivity index (χ2v) is 2.17. The molecule has 2 N–H and O–H groups in total. The Morgan fingerprint density at radius 1 is 1.58 bits per heavy atom. The van der Waals surface area contributed by atoms with Gasteiger partial charge in [0.05, 0.1) is 11.1 Å². The summed E-state index contributed by atoms with van der Waals surface area (Å²) in [5.74, 6) is 0.746. The third-order valence-electron chi connectivity index (χ3n) is 1.42. The number of halogens is 1.